The number of thiophene rings is 2. The van der Waals surface area contributed by atoms with E-state index in [1.54, 1.807) is 35.1 Å². The molecule has 21 heavy (non-hydrogen) atoms. The summed E-state index contributed by atoms with van der Waals surface area (Å²) in [5, 5.41) is 6.41. The van der Waals surface area contributed by atoms with Gasteiger partial charge in [-0.2, -0.15) is 0 Å². The van der Waals surface area contributed by atoms with Crippen LogP contribution >= 0.6 is 22.7 Å². The van der Waals surface area contributed by atoms with Gasteiger partial charge in [0.25, 0.3) is 5.91 Å². The predicted molar refractivity (Wildman–Crippen MR) is 89.9 cm³/mol. The van der Waals surface area contributed by atoms with Crippen molar-refractivity contribution in [1.82, 2.24) is 4.98 Å². The van der Waals surface area contributed by atoms with Crippen molar-refractivity contribution in [2.24, 2.45) is 0 Å². The molecule has 104 valence electrons. The van der Waals surface area contributed by atoms with E-state index in [0.717, 1.165) is 16.1 Å². The molecule has 0 spiro atoms. The minimum absolute atomic E-state index is 0.0501. The number of anilines is 1. The molecular formula is C16H12N2OS2. The van der Waals surface area contributed by atoms with Gasteiger partial charge >= 0.3 is 0 Å². The molecule has 1 N–H and O–H groups in total. The summed E-state index contributed by atoms with van der Waals surface area (Å²) >= 11 is 3.52. The first-order valence-electron chi connectivity index (χ1n) is 6.60. The van der Waals surface area contributed by atoms with Crippen LogP contribution in [0.3, 0.4) is 0 Å². The van der Waals surface area contributed by atoms with Gasteiger partial charge in [-0.3, -0.25) is 9.78 Å². The van der Waals surface area contributed by atoms with Gasteiger partial charge in [-0.1, -0.05) is 0 Å². The molecule has 0 radical (unpaired) electrons. The van der Waals surface area contributed by atoms with Crippen LogP contribution in [0.5, 0.6) is 0 Å². The van der Waals surface area contributed by atoms with Crippen LogP contribution in [0.4, 0.5) is 5.69 Å². The molecule has 1 aliphatic heterocycles. The third kappa shape index (κ3) is 1.85. The lowest BCUT2D eigenvalue weighted by atomic mass is 10.1. The lowest BCUT2D eigenvalue weighted by Gasteiger charge is -1.97. The molecule has 3 aromatic heterocycles. The number of hydrogen-bond donors (Lipinski definition) is 1. The number of pyridine rings is 1. The van der Waals surface area contributed by atoms with Crippen LogP contribution in [-0.4, -0.2) is 10.9 Å². The van der Waals surface area contributed by atoms with Crippen molar-refractivity contribution < 1.29 is 4.79 Å². The fraction of sp³-hybridized carbons (Fsp3) is 0.125. The number of nitrogens with one attached hydrogen (secondary N) is 1. The van der Waals surface area contributed by atoms with Crippen LogP contribution in [0.2, 0.25) is 0 Å². The van der Waals surface area contributed by atoms with E-state index < -0.39 is 0 Å². The zero-order valence-electron chi connectivity index (χ0n) is 11.6. The second-order valence-electron chi connectivity index (χ2n) is 5.11. The van der Waals surface area contributed by atoms with Crippen molar-refractivity contribution in [3.05, 3.63) is 45.4 Å². The molecule has 0 atom stereocenters. The summed E-state index contributed by atoms with van der Waals surface area (Å²) in [6, 6.07) is 1.83. The van der Waals surface area contributed by atoms with Gasteiger partial charge in [0.2, 0.25) is 0 Å². The molecule has 0 aromatic carbocycles. The molecule has 3 aromatic rings. The Labute approximate surface area is 130 Å². The van der Waals surface area contributed by atoms with Crippen molar-refractivity contribution in [2.45, 2.75) is 13.8 Å². The fourth-order valence-corrected chi connectivity index (χ4v) is 5.17. The smallest absolute Gasteiger partial charge is 0.256 e. The van der Waals surface area contributed by atoms with Crippen LogP contribution in [0.1, 0.15) is 21.6 Å². The van der Waals surface area contributed by atoms with Crippen LogP contribution in [0.25, 0.3) is 21.0 Å². The highest BCUT2D eigenvalue weighted by Gasteiger charge is 2.24. The SMILES string of the molecule is Cc1csc2sc(C=C3C(=O)Nc4ccncc43)c(C)c12. The third-order valence-corrected chi connectivity index (χ3v) is 6.23. The molecule has 4 rings (SSSR count). The van der Waals surface area contributed by atoms with Crippen LogP contribution < -0.4 is 5.32 Å². The Morgan fingerprint density at radius 1 is 1.33 bits per heavy atom. The van der Waals surface area contributed by atoms with Gasteiger partial charge in [0.15, 0.2) is 0 Å². The number of nitrogens with zero attached hydrogens (tertiary/aromatic N) is 1. The number of aromatic nitrogens is 1. The molecule has 1 aliphatic rings. The molecule has 3 nitrogen and oxygen atoms in total. The quantitative estimate of drug-likeness (QED) is 0.674. The molecule has 5 heteroatoms. The number of fused-ring (bicyclic) bond motifs is 2. The summed E-state index contributed by atoms with van der Waals surface area (Å²) in [4.78, 5) is 17.4. The number of hydrogen-bond acceptors (Lipinski definition) is 4. The van der Waals surface area contributed by atoms with Crippen molar-refractivity contribution in [3.63, 3.8) is 0 Å². The van der Waals surface area contributed by atoms with Gasteiger partial charge in [-0.15, -0.1) is 22.7 Å². The second kappa shape index (κ2) is 4.51. The highest BCUT2D eigenvalue weighted by Crippen LogP contribution is 2.40. The summed E-state index contributed by atoms with van der Waals surface area (Å²) in [6.45, 7) is 4.26. The Bertz CT molecular complexity index is 918. The Morgan fingerprint density at radius 3 is 3.00 bits per heavy atom. The molecular weight excluding hydrogens is 300 g/mol. The van der Waals surface area contributed by atoms with Crippen LogP contribution in [0.15, 0.2) is 23.8 Å². The van der Waals surface area contributed by atoms with Gasteiger partial charge in [0, 0.05) is 28.2 Å². The minimum atomic E-state index is -0.0501. The molecule has 0 aliphatic carbocycles. The highest BCUT2D eigenvalue weighted by molar-refractivity contribution is 7.38. The van der Waals surface area contributed by atoms with E-state index in [0.29, 0.717) is 5.57 Å². The largest absolute Gasteiger partial charge is 0.321 e. The summed E-state index contributed by atoms with van der Waals surface area (Å²) in [5.41, 5.74) is 4.99. The molecule has 0 saturated carbocycles. The molecule has 0 fully saturated rings. The first-order valence-corrected chi connectivity index (χ1v) is 8.29. The standard InChI is InChI=1S/C16H12N2OS2/c1-8-7-20-16-14(8)9(2)13(21-16)5-10-11-6-17-4-3-12(11)18-15(10)19/h3-7H,1-2H3,(H,18,19). The Balaban J connectivity index is 1.90. The number of rotatable bonds is 1. The summed E-state index contributed by atoms with van der Waals surface area (Å²) in [6.07, 6.45) is 5.43. The van der Waals surface area contributed by atoms with Crippen LogP contribution in [0, 0.1) is 13.8 Å². The van der Waals surface area contributed by atoms with E-state index in [4.69, 9.17) is 0 Å². The topological polar surface area (TPSA) is 42.0 Å². The molecule has 4 heterocycles. The predicted octanol–water partition coefficient (Wildman–Crippen LogP) is 4.47. The summed E-state index contributed by atoms with van der Waals surface area (Å²) in [7, 11) is 0. The number of carbonyl (C=O) groups is 1. The normalized spacial score (nSPS) is 15.7. The first-order chi connectivity index (χ1) is 10.1. The number of aryl methyl sites for hydroxylation is 2. The minimum Gasteiger partial charge on any atom is -0.321 e. The molecule has 0 bridgehead atoms. The fourth-order valence-electron chi connectivity index (χ4n) is 2.69. The maximum absolute atomic E-state index is 12.2. The summed E-state index contributed by atoms with van der Waals surface area (Å²) in [5.74, 6) is -0.0501. The lowest BCUT2D eigenvalue weighted by Crippen LogP contribution is -2.03. The average Bonchev–Trinajstić information content (AvgIpc) is 3.08. The maximum Gasteiger partial charge on any atom is 0.256 e. The zero-order valence-corrected chi connectivity index (χ0v) is 13.2. The average molecular weight is 312 g/mol. The zero-order chi connectivity index (χ0) is 14.6. The van der Waals surface area contributed by atoms with Gasteiger partial charge in [-0.05, 0) is 42.5 Å². The van der Waals surface area contributed by atoms with E-state index in [1.807, 2.05) is 12.1 Å². The molecule has 0 unspecified atom stereocenters. The van der Waals surface area contributed by atoms with Gasteiger partial charge < -0.3 is 5.32 Å². The Hall–Kier alpha value is -1.98. The number of carbonyl (C=O) groups excluding carboxylic acids is 1. The monoisotopic (exact) mass is 312 g/mol. The number of amides is 1. The molecule has 1 amide bonds. The van der Waals surface area contributed by atoms with Gasteiger partial charge in [-0.25, -0.2) is 0 Å². The van der Waals surface area contributed by atoms with Crippen molar-refractivity contribution in [1.29, 1.82) is 0 Å². The van der Waals surface area contributed by atoms with Gasteiger partial charge in [0.05, 0.1) is 15.3 Å². The lowest BCUT2D eigenvalue weighted by molar-refractivity contribution is -0.110. The van der Waals surface area contributed by atoms with Crippen molar-refractivity contribution in [3.8, 4) is 0 Å². The third-order valence-electron chi connectivity index (χ3n) is 3.77. The van der Waals surface area contributed by atoms with E-state index in [1.165, 1.54) is 20.5 Å². The molecule has 0 saturated heterocycles. The highest BCUT2D eigenvalue weighted by atomic mass is 32.2. The van der Waals surface area contributed by atoms with E-state index in [-0.39, 0.29) is 5.91 Å². The maximum atomic E-state index is 12.2. The summed E-state index contributed by atoms with van der Waals surface area (Å²) < 4.78 is 1.32. The van der Waals surface area contributed by atoms with E-state index >= 15 is 0 Å². The Morgan fingerprint density at radius 2 is 2.19 bits per heavy atom. The Kier molecular flexibility index (Phi) is 2.74. The van der Waals surface area contributed by atoms with E-state index in [2.05, 4.69) is 29.5 Å². The van der Waals surface area contributed by atoms with Crippen LogP contribution in [-0.2, 0) is 4.79 Å². The van der Waals surface area contributed by atoms with Gasteiger partial charge in [0.1, 0.15) is 0 Å². The van der Waals surface area contributed by atoms with Crippen molar-refractivity contribution in [2.75, 3.05) is 5.32 Å². The van der Waals surface area contributed by atoms with Crippen molar-refractivity contribution >= 4 is 55.3 Å². The second-order valence-corrected chi connectivity index (χ2v) is 7.30. The van der Waals surface area contributed by atoms with E-state index in [9.17, 15) is 4.79 Å². The first kappa shape index (κ1) is 12.7.